The number of carbonyl (C=O) groups is 3. The topological polar surface area (TPSA) is 110 Å². The van der Waals surface area contributed by atoms with Crippen molar-refractivity contribution in [2.75, 3.05) is 18.1 Å². The monoisotopic (exact) mass is 278 g/mol. The summed E-state index contributed by atoms with van der Waals surface area (Å²) in [6.07, 6.45) is 0.00919. The summed E-state index contributed by atoms with van der Waals surface area (Å²) in [4.78, 5) is 34.7. The Morgan fingerprint density at radius 1 is 1.35 bits per heavy atom. The summed E-state index contributed by atoms with van der Waals surface area (Å²) < 4.78 is 5.10. The number of amides is 2. The van der Waals surface area contributed by atoms with E-state index in [-0.39, 0.29) is 25.5 Å². The van der Waals surface area contributed by atoms with Gasteiger partial charge in [0.15, 0.2) is 6.61 Å². The van der Waals surface area contributed by atoms with Gasteiger partial charge in [0.2, 0.25) is 5.91 Å². The third kappa shape index (κ3) is 3.05. The lowest BCUT2D eigenvalue weighted by Gasteiger charge is -2.16. The molecule has 20 heavy (non-hydrogen) atoms. The first-order chi connectivity index (χ1) is 9.47. The number of hydrogen-bond acceptors (Lipinski definition) is 4. The molecule has 7 heteroatoms. The van der Waals surface area contributed by atoms with Gasteiger partial charge in [0.25, 0.3) is 5.91 Å². The van der Waals surface area contributed by atoms with E-state index in [1.54, 1.807) is 24.3 Å². The Kier molecular flexibility index (Phi) is 3.88. The highest BCUT2D eigenvalue weighted by Crippen LogP contribution is 2.26. The fourth-order valence-electron chi connectivity index (χ4n) is 2.00. The summed E-state index contributed by atoms with van der Waals surface area (Å²) in [7, 11) is 0. The molecule has 7 nitrogen and oxygen atoms in total. The van der Waals surface area contributed by atoms with Crippen molar-refractivity contribution < 1.29 is 24.2 Å². The first-order valence-corrected chi connectivity index (χ1v) is 6.01. The zero-order chi connectivity index (χ0) is 14.7. The molecule has 0 saturated carbocycles. The number of carboxylic acids is 1. The molecule has 1 aliphatic heterocycles. The van der Waals surface area contributed by atoms with Gasteiger partial charge >= 0.3 is 5.97 Å². The van der Waals surface area contributed by atoms with Crippen LogP contribution >= 0.6 is 0 Å². The third-order valence-electron chi connectivity index (χ3n) is 3.00. The molecule has 1 aromatic rings. The number of hydrogen-bond donors (Lipinski definition) is 2. The van der Waals surface area contributed by atoms with Gasteiger partial charge in [-0.1, -0.05) is 0 Å². The summed E-state index contributed by atoms with van der Waals surface area (Å²) in [5, 5.41) is 8.92. The summed E-state index contributed by atoms with van der Waals surface area (Å²) in [5.74, 6) is -1.99. The van der Waals surface area contributed by atoms with Crippen molar-refractivity contribution in [1.82, 2.24) is 0 Å². The van der Waals surface area contributed by atoms with Gasteiger partial charge in [-0.25, -0.2) is 0 Å². The number of anilines is 1. The molecule has 1 fully saturated rings. The number of benzene rings is 1. The van der Waals surface area contributed by atoms with Gasteiger partial charge in [-0.3, -0.25) is 14.4 Å². The number of carbonyl (C=O) groups excluding carboxylic acids is 2. The second-order valence-corrected chi connectivity index (χ2v) is 4.49. The molecule has 0 aliphatic carbocycles. The van der Waals surface area contributed by atoms with Gasteiger partial charge in [0, 0.05) is 18.7 Å². The summed E-state index contributed by atoms with van der Waals surface area (Å²) in [6.45, 7) is -0.0568. The van der Waals surface area contributed by atoms with E-state index in [9.17, 15) is 14.4 Å². The lowest BCUT2D eigenvalue weighted by atomic mass is 10.1. The van der Waals surface area contributed by atoms with Crippen molar-refractivity contribution in [1.29, 1.82) is 0 Å². The standard InChI is InChI=1S/C13H14N2O5/c14-11(16)7-20-10-3-1-9(2-4-10)15-6-8(13(18)19)5-12(15)17/h1-4,8H,5-7H2,(H2,14,16)(H,18,19). The van der Waals surface area contributed by atoms with E-state index in [1.165, 1.54) is 4.90 Å². The quantitative estimate of drug-likeness (QED) is 0.787. The van der Waals surface area contributed by atoms with Crippen molar-refractivity contribution in [3.8, 4) is 5.75 Å². The number of rotatable bonds is 5. The maximum absolute atomic E-state index is 11.8. The van der Waals surface area contributed by atoms with Crippen molar-refractivity contribution in [2.45, 2.75) is 6.42 Å². The van der Waals surface area contributed by atoms with E-state index in [0.29, 0.717) is 11.4 Å². The number of ether oxygens (including phenoxy) is 1. The molecule has 0 spiro atoms. The van der Waals surface area contributed by atoms with Gasteiger partial charge in [0.1, 0.15) is 5.75 Å². The molecular formula is C13H14N2O5. The Hall–Kier alpha value is -2.57. The van der Waals surface area contributed by atoms with Crippen LogP contribution in [0.25, 0.3) is 0 Å². The maximum Gasteiger partial charge on any atom is 0.308 e. The zero-order valence-corrected chi connectivity index (χ0v) is 10.6. The largest absolute Gasteiger partial charge is 0.484 e. The highest BCUT2D eigenvalue weighted by Gasteiger charge is 2.34. The molecular weight excluding hydrogens is 264 g/mol. The molecule has 3 N–H and O–H groups in total. The predicted molar refractivity (Wildman–Crippen MR) is 69.2 cm³/mol. The molecule has 106 valence electrons. The van der Waals surface area contributed by atoms with E-state index in [2.05, 4.69) is 0 Å². The van der Waals surface area contributed by atoms with Crippen LogP contribution in [-0.4, -0.2) is 36.0 Å². The first kappa shape index (κ1) is 13.9. The average Bonchev–Trinajstić information content (AvgIpc) is 2.79. The normalized spacial score (nSPS) is 18.1. The van der Waals surface area contributed by atoms with Crippen LogP contribution in [0.1, 0.15) is 6.42 Å². The van der Waals surface area contributed by atoms with Gasteiger partial charge < -0.3 is 20.5 Å². The molecule has 0 aromatic heterocycles. The Labute approximate surface area is 114 Å². The van der Waals surface area contributed by atoms with Crippen molar-refractivity contribution in [3.63, 3.8) is 0 Å². The van der Waals surface area contributed by atoms with Crippen LogP contribution in [0.5, 0.6) is 5.75 Å². The Balaban J connectivity index is 2.05. The molecule has 1 aromatic carbocycles. The number of primary amides is 1. The van der Waals surface area contributed by atoms with E-state index in [0.717, 1.165) is 0 Å². The fourth-order valence-corrected chi connectivity index (χ4v) is 2.00. The predicted octanol–water partition coefficient (Wildman–Crippen LogP) is -0.0118. The third-order valence-corrected chi connectivity index (χ3v) is 3.00. The van der Waals surface area contributed by atoms with Gasteiger partial charge in [-0.15, -0.1) is 0 Å². The van der Waals surface area contributed by atoms with Crippen molar-refractivity contribution in [3.05, 3.63) is 24.3 Å². The second kappa shape index (κ2) is 5.60. The molecule has 2 amide bonds. The van der Waals surface area contributed by atoms with Crippen LogP contribution in [0, 0.1) is 5.92 Å². The van der Waals surface area contributed by atoms with Crippen LogP contribution in [0.3, 0.4) is 0 Å². The van der Waals surface area contributed by atoms with Gasteiger partial charge in [-0.2, -0.15) is 0 Å². The van der Waals surface area contributed by atoms with Crippen LogP contribution in [0.4, 0.5) is 5.69 Å². The Morgan fingerprint density at radius 2 is 2.00 bits per heavy atom. The van der Waals surface area contributed by atoms with E-state index in [4.69, 9.17) is 15.6 Å². The van der Waals surface area contributed by atoms with Gasteiger partial charge in [-0.05, 0) is 24.3 Å². The summed E-state index contributed by atoms with van der Waals surface area (Å²) >= 11 is 0. The molecule has 1 heterocycles. The zero-order valence-electron chi connectivity index (χ0n) is 10.6. The minimum atomic E-state index is -0.970. The first-order valence-electron chi connectivity index (χ1n) is 6.01. The maximum atomic E-state index is 11.8. The highest BCUT2D eigenvalue weighted by molar-refractivity contribution is 5.99. The SMILES string of the molecule is NC(=O)COc1ccc(N2CC(C(=O)O)CC2=O)cc1. The molecule has 1 aliphatic rings. The second-order valence-electron chi connectivity index (χ2n) is 4.49. The van der Waals surface area contributed by atoms with E-state index < -0.39 is 17.8 Å². The number of carboxylic acid groups (broad SMARTS) is 1. The highest BCUT2D eigenvalue weighted by atomic mass is 16.5. The molecule has 1 unspecified atom stereocenters. The summed E-state index contributed by atoms with van der Waals surface area (Å²) in [5.41, 5.74) is 5.56. The number of nitrogens with zero attached hydrogens (tertiary/aromatic N) is 1. The molecule has 0 bridgehead atoms. The van der Waals surface area contributed by atoms with Crippen LogP contribution < -0.4 is 15.4 Å². The lowest BCUT2D eigenvalue weighted by Crippen LogP contribution is -2.25. The Bertz CT molecular complexity index is 540. The van der Waals surface area contributed by atoms with Gasteiger partial charge in [0.05, 0.1) is 5.92 Å². The lowest BCUT2D eigenvalue weighted by molar-refractivity contribution is -0.141. The van der Waals surface area contributed by atoms with Crippen molar-refractivity contribution >= 4 is 23.5 Å². The number of nitrogens with two attached hydrogens (primary N) is 1. The smallest absolute Gasteiger partial charge is 0.308 e. The van der Waals surface area contributed by atoms with E-state index in [1.807, 2.05) is 0 Å². The van der Waals surface area contributed by atoms with Crippen LogP contribution in [0.15, 0.2) is 24.3 Å². The molecule has 1 saturated heterocycles. The number of aliphatic carboxylic acids is 1. The average molecular weight is 278 g/mol. The molecule has 2 rings (SSSR count). The summed E-state index contributed by atoms with van der Waals surface area (Å²) in [6, 6.07) is 6.47. The van der Waals surface area contributed by atoms with E-state index >= 15 is 0 Å². The minimum Gasteiger partial charge on any atom is -0.484 e. The fraction of sp³-hybridized carbons (Fsp3) is 0.308. The van der Waals surface area contributed by atoms with Crippen LogP contribution in [-0.2, 0) is 14.4 Å². The Morgan fingerprint density at radius 3 is 2.50 bits per heavy atom. The molecule has 1 atom stereocenters. The molecule has 0 radical (unpaired) electrons. The van der Waals surface area contributed by atoms with Crippen molar-refractivity contribution in [2.24, 2.45) is 11.7 Å². The van der Waals surface area contributed by atoms with Crippen LogP contribution in [0.2, 0.25) is 0 Å². The minimum absolute atomic E-state index is 0.00919.